The fourth-order valence-electron chi connectivity index (χ4n) is 3.23. The highest BCUT2D eigenvalue weighted by Gasteiger charge is 3.03. The Morgan fingerprint density at radius 2 is 1.14 bits per heavy atom. The zero-order chi connectivity index (χ0) is 21.6. The Morgan fingerprint density at radius 3 is 1.64 bits per heavy atom. The van der Waals surface area contributed by atoms with Crippen molar-refractivity contribution in [1.82, 2.24) is 0 Å². The van der Waals surface area contributed by atoms with E-state index in [4.69, 9.17) is 0 Å². The lowest BCUT2D eigenvalue weighted by Crippen LogP contribution is -2.86. The highest BCUT2D eigenvalue weighted by Crippen LogP contribution is 2.69. The molecule has 1 aromatic rings. The number of rotatable bonds is 1. The van der Waals surface area contributed by atoms with E-state index in [0.29, 0.717) is 0 Å². The van der Waals surface area contributed by atoms with Crippen LogP contribution in [0.2, 0.25) is 0 Å². The monoisotopic (exact) mass is 427 g/mol. The maximum absolute atomic E-state index is 14.8. The van der Waals surface area contributed by atoms with Crippen LogP contribution >= 0.6 is 0 Å². The third-order valence-corrected chi connectivity index (χ3v) is 4.87. The lowest BCUT2D eigenvalue weighted by atomic mass is 9.71. The van der Waals surface area contributed by atoms with E-state index in [9.17, 15) is 53.1 Å². The molecule has 1 amide bonds. The Labute approximate surface area is 148 Å². The molecule has 3 rings (SSSR count). The predicted octanol–water partition coefficient (Wildman–Crippen LogP) is 4.47. The van der Waals surface area contributed by atoms with Gasteiger partial charge in [0.05, 0.1) is 0 Å². The van der Waals surface area contributed by atoms with Gasteiger partial charge >= 0.3 is 35.3 Å². The van der Waals surface area contributed by atoms with E-state index in [2.05, 4.69) is 0 Å². The van der Waals surface area contributed by atoms with Gasteiger partial charge in [0.1, 0.15) is 0 Å². The molecule has 0 spiro atoms. The second kappa shape index (κ2) is 5.29. The van der Waals surface area contributed by atoms with Gasteiger partial charge in [-0.3, -0.25) is 4.79 Å². The molecular weight excluding hydrogens is 419 g/mol. The summed E-state index contributed by atoms with van der Waals surface area (Å²) >= 11 is 0. The topological polar surface area (TPSA) is 20.3 Å². The average molecular weight is 427 g/mol. The summed E-state index contributed by atoms with van der Waals surface area (Å²) in [6, 6.07) is 4.68. The van der Waals surface area contributed by atoms with Crippen molar-refractivity contribution in [1.29, 1.82) is 0 Å². The first-order chi connectivity index (χ1) is 12.5. The molecule has 2 aliphatic rings. The van der Waals surface area contributed by atoms with Crippen molar-refractivity contribution in [2.45, 2.75) is 41.7 Å². The number of anilines is 1. The first-order valence-electron chi connectivity index (χ1n) is 7.48. The molecule has 28 heavy (non-hydrogen) atoms. The summed E-state index contributed by atoms with van der Waals surface area (Å²) in [5.74, 6) is -39.4. The minimum Gasteiger partial charge on any atom is -0.309 e. The maximum Gasteiger partial charge on any atom is 0.384 e. The molecule has 1 aliphatic carbocycles. The van der Waals surface area contributed by atoms with Crippen molar-refractivity contribution in [3.8, 4) is 0 Å². The molecule has 0 atom stereocenters. The molecule has 1 aliphatic heterocycles. The van der Waals surface area contributed by atoms with Crippen molar-refractivity contribution in [2.24, 2.45) is 0 Å². The van der Waals surface area contributed by atoms with Gasteiger partial charge in [0.2, 0.25) is 0 Å². The fraction of sp³-hybridized carbons (Fsp3) is 0.533. The second-order valence-electron chi connectivity index (χ2n) is 6.37. The first kappa shape index (κ1) is 20.6. The number of carbonyl (C=O) groups excluding carboxylic acids is 1. The number of para-hydroxylation sites is 1. The minimum absolute atomic E-state index is 0.116. The van der Waals surface area contributed by atoms with Gasteiger partial charge in [-0.2, -0.15) is 43.9 Å². The van der Waals surface area contributed by atoms with Crippen LogP contribution in [0.25, 0.3) is 0 Å². The average Bonchev–Trinajstić information content (AvgIpc) is 3.02. The number of benzene rings is 1. The summed E-state index contributed by atoms with van der Waals surface area (Å²) in [5, 5.41) is 0. The minimum atomic E-state index is -7.34. The summed E-state index contributed by atoms with van der Waals surface area (Å²) in [5.41, 5.74) is -7.00. The number of alkyl halides is 11. The Morgan fingerprint density at radius 1 is 0.714 bits per heavy atom. The largest absolute Gasteiger partial charge is 0.384 e. The second-order valence-corrected chi connectivity index (χ2v) is 6.37. The van der Waals surface area contributed by atoms with Crippen LogP contribution in [0.15, 0.2) is 24.3 Å². The summed E-state index contributed by atoms with van der Waals surface area (Å²) in [7, 11) is 0. The molecule has 0 saturated heterocycles. The van der Waals surface area contributed by atoms with Gasteiger partial charge in [-0.1, -0.05) is 18.2 Å². The van der Waals surface area contributed by atoms with Gasteiger partial charge in [0.15, 0.2) is 0 Å². The number of halogens is 11. The molecule has 1 heterocycles. The van der Waals surface area contributed by atoms with Crippen molar-refractivity contribution < 1.29 is 53.1 Å². The third-order valence-electron chi connectivity index (χ3n) is 4.87. The normalized spacial score (nSPS) is 27.9. The van der Waals surface area contributed by atoms with E-state index in [1.807, 2.05) is 0 Å². The Bertz CT molecular complexity index is 805. The maximum atomic E-state index is 14.8. The third kappa shape index (κ3) is 1.87. The van der Waals surface area contributed by atoms with E-state index in [1.54, 1.807) is 0 Å². The van der Waals surface area contributed by atoms with Crippen molar-refractivity contribution >= 4 is 11.6 Å². The van der Waals surface area contributed by atoms with Gasteiger partial charge in [-0.25, -0.2) is 4.39 Å². The van der Waals surface area contributed by atoms with Gasteiger partial charge in [-0.15, -0.1) is 0 Å². The molecule has 0 bridgehead atoms. The Hall–Kier alpha value is -2.08. The number of carbonyl (C=O) groups is 1. The highest BCUT2D eigenvalue weighted by atomic mass is 19.4. The number of hydrogen-bond donors (Lipinski definition) is 0. The summed E-state index contributed by atoms with van der Waals surface area (Å²) in [6.45, 7) is -0.788. The van der Waals surface area contributed by atoms with Crippen LogP contribution in [0.5, 0.6) is 0 Å². The zero-order valence-electron chi connectivity index (χ0n) is 13.2. The number of nitrogens with zero attached hydrogens (tertiary/aromatic N) is 1. The van der Waals surface area contributed by atoms with Crippen LogP contribution in [-0.2, 0) is 11.2 Å². The molecule has 0 N–H and O–H groups in total. The Kier molecular flexibility index (Phi) is 3.90. The number of hydrogen-bond acceptors (Lipinski definition) is 1. The highest BCUT2D eigenvalue weighted by molar-refractivity contribution is 6.03. The van der Waals surface area contributed by atoms with Crippen molar-refractivity contribution in [2.75, 3.05) is 11.4 Å². The van der Waals surface area contributed by atoms with Gasteiger partial charge in [-0.05, 0) is 18.1 Å². The van der Waals surface area contributed by atoms with Crippen LogP contribution in [0, 0.1) is 0 Å². The van der Waals surface area contributed by atoms with Crippen LogP contribution in [0.1, 0.15) is 5.56 Å². The smallest absolute Gasteiger partial charge is 0.309 e. The molecule has 0 radical (unpaired) electrons. The quantitative estimate of drug-likeness (QED) is 0.606. The van der Waals surface area contributed by atoms with Crippen LogP contribution in [0.4, 0.5) is 54.0 Å². The van der Waals surface area contributed by atoms with E-state index in [-0.39, 0.29) is 16.9 Å². The lowest BCUT2D eigenvalue weighted by Gasteiger charge is -2.52. The summed E-state index contributed by atoms with van der Waals surface area (Å²) in [6.07, 6.45) is -0.224. The summed E-state index contributed by atoms with van der Waals surface area (Å²) < 4.78 is 151. The van der Waals surface area contributed by atoms with E-state index in [1.165, 1.54) is 12.1 Å². The van der Waals surface area contributed by atoms with Gasteiger partial charge in [0.25, 0.3) is 5.91 Å². The fourth-order valence-corrected chi connectivity index (χ4v) is 3.23. The van der Waals surface area contributed by atoms with Crippen LogP contribution < -0.4 is 4.90 Å². The first-order valence-corrected chi connectivity index (χ1v) is 7.48. The summed E-state index contributed by atoms with van der Waals surface area (Å²) in [4.78, 5) is 12.0. The van der Waals surface area contributed by atoms with Gasteiger partial charge in [0, 0.05) is 12.2 Å². The molecule has 1 fully saturated rings. The molecule has 156 valence electrons. The molecule has 0 aromatic heterocycles. The Balaban J connectivity index is 2.24. The van der Waals surface area contributed by atoms with Crippen molar-refractivity contribution in [3.05, 3.63) is 29.8 Å². The SMILES string of the molecule is O=C(N1CCc2ccccc21)C1(F)C(F)(F)C(F)(F)C(F)(F)C(F)(F)C1(F)F. The predicted molar refractivity (Wildman–Crippen MR) is 71.1 cm³/mol. The molecule has 1 aromatic carbocycles. The molecular formula is C15H8F11NO. The zero-order valence-corrected chi connectivity index (χ0v) is 13.2. The molecule has 2 nitrogen and oxygen atoms in total. The van der Waals surface area contributed by atoms with E-state index < -0.39 is 53.4 Å². The number of amides is 1. The molecule has 13 heteroatoms. The van der Waals surface area contributed by atoms with E-state index in [0.717, 1.165) is 12.1 Å². The number of fused-ring (bicyclic) bond motifs is 1. The van der Waals surface area contributed by atoms with Crippen LogP contribution in [0.3, 0.4) is 0 Å². The lowest BCUT2D eigenvalue weighted by molar-refractivity contribution is -0.476. The molecule has 1 saturated carbocycles. The molecule has 0 unspecified atom stereocenters. The van der Waals surface area contributed by atoms with Crippen LogP contribution in [-0.4, -0.2) is 47.7 Å². The van der Waals surface area contributed by atoms with E-state index >= 15 is 0 Å². The van der Waals surface area contributed by atoms with Gasteiger partial charge < -0.3 is 4.90 Å². The standard InChI is InChI=1S/C15H8F11NO/c16-10(9(28)27-6-5-7-3-1-2-4-8(7)27)11(17,18)13(21,22)15(25,26)14(23,24)12(10,19)20/h1-4H,5-6H2. The van der Waals surface area contributed by atoms with Crippen molar-refractivity contribution in [3.63, 3.8) is 0 Å².